The molecule has 0 bridgehead atoms. The Hall–Kier alpha value is -2.89. The molecule has 2 aromatic carbocycles. The van der Waals surface area contributed by atoms with Crippen molar-refractivity contribution in [3.8, 4) is 5.75 Å². The Morgan fingerprint density at radius 2 is 1.86 bits per heavy atom. The normalized spacial score (nSPS) is 10.3. The molecule has 0 aliphatic rings. The third-order valence-corrected chi connectivity index (χ3v) is 2.80. The van der Waals surface area contributed by atoms with Crippen molar-refractivity contribution in [3.63, 3.8) is 0 Å². The summed E-state index contributed by atoms with van der Waals surface area (Å²) in [6, 6.07) is 12.5. The van der Waals surface area contributed by atoms with Gasteiger partial charge in [0.15, 0.2) is 0 Å². The first-order valence-electron chi connectivity index (χ1n) is 6.78. The van der Waals surface area contributed by atoms with E-state index in [4.69, 9.17) is 4.74 Å². The summed E-state index contributed by atoms with van der Waals surface area (Å²) in [7, 11) is 0. The molecule has 1 amide bonds. The van der Waals surface area contributed by atoms with Crippen molar-refractivity contribution in [2.75, 3.05) is 5.32 Å². The van der Waals surface area contributed by atoms with Gasteiger partial charge in [-0.25, -0.2) is 0 Å². The number of nitro benzene ring substituents is 1. The van der Waals surface area contributed by atoms with Crippen LogP contribution in [0.2, 0.25) is 0 Å². The second-order valence-corrected chi connectivity index (χ2v) is 4.95. The lowest BCUT2D eigenvalue weighted by atomic mass is 10.2. The number of amides is 1. The van der Waals surface area contributed by atoms with E-state index < -0.39 is 4.92 Å². The van der Waals surface area contributed by atoms with Crippen molar-refractivity contribution < 1.29 is 14.5 Å². The zero-order chi connectivity index (χ0) is 16.1. The Labute approximate surface area is 127 Å². The van der Waals surface area contributed by atoms with E-state index in [1.165, 1.54) is 24.3 Å². The van der Waals surface area contributed by atoms with Gasteiger partial charge in [-0.1, -0.05) is 6.07 Å². The summed E-state index contributed by atoms with van der Waals surface area (Å²) < 4.78 is 5.54. The molecule has 2 aromatic rings. The molecule has 114 valence electrons. The highest BCUT2D eigenvalue weighted by Gasteiger charge is 2.09. The zero-order valence-electron chi connectivity index (χ0n) is 12.3. The molecule has 0 radical (unpaired) electrons. The maximum atomic E-state index is 12.2. The number of rotatable bonds is 5. The highest BCUT2D eigenvalue weighted by Crippen LogP contribution is 2.18. The first-order valence-corrected chi connectivity index (χ1v) is 6.78. The first kappa shape index (κ1) is 15.5. The number of non-ortho nitro benzene ring substituents is 1. The van der Waals surface area contributed by atoms with E-state index in [9.17, 15) is 14.9 Å². The number of carbonyl (C=O) groups excluding carboxylic acids is 1. The van der Waals surface area contributed by atoms with Gasteiger partial charge in [-0.05, 0) is 44.2 Å². The summed E-state index contributed by atoms with van der Waals surface area (Å²) >= 11 is 0. The molecule has 0 saturated heterocycles. The summed E-state index contributed by atoms with van der Waals surface area (Å²) in [4.78, 5) is 22.3. The molecule has 6 nitrogen and oxygen atoms in total. The van der Waals surface area contributed by atoms with E-state index in [-0.39, 0.29) is 17.7 Å². The van der Waals surface area contributed by atoms with Crippen molar-refractivity contribution in [3.05, 3.63) is 64.2 Å². The highest BCUT2D eigenvalue weighted by molar-refractivity contribution is 6.04. The van der Waals surface area contributed by atoms with Gasteiger partial charge in [0.1, 0.15) is 5.75 Å². The first-order chi connectivity index (χ1) is 10.5. The van der Waals surface area contributed by atoms with E-state index in [1.54, 1.807) is 24.3 Å². The zero-order valence-corrected chi connectivity index (χ0v) is 12.3. The smallest absolute Gasteiger partial charge is 0.269 e. The second kappa shape index (κ2) is 6.71. The van der Waals surface area contributed by atoms with Gasteiger partial charge < -0.3 is 10.1 Å². The number of hydrogen-bond acceptors (Lipinski definition) is 4. The molecule has 0 aliphatic carbocycles. The van der Waals surface area contributed by atoms with Crippen molar-refractivity contribution in [1.82, 2.24) is 0 Å². The van der Waals surface area contributed by atoms with Gasteiger partial charge in [0, 0.05) is 23.4 Å². The Morgan fingerprint density at radius 3 is 2.45 bits per heavy atom. The average Bonchev–Trinajstić information content (AvgIpc) is 2.47. The van der Waals surface area contributed by atoms with Crippen LogP contribution in [-0.4, -0.2) is 16.9 Å². The van der Waals surface area contributed by atoms with Crippen LogP contribution in [0.3, 0.4) is 0 Å². The Balaban J connectivity index is 2.10. The summed E-state index contributed by atoms with van der Waals surface area (Å²) in [6.07, 6.45) is 0.0213. The number of nitrogens with one attached hydrogen (secondary N) is 1. The molecule has 22 heavy (non-hydrogen) atoms. The fourth-order valence-electron chi connectivity index (χ4n) is 1.85. The fourth-order valence-corrected chi connectivity index (χ4v) is 1.85. The van der Waals surface area contributed by atoms with Crippen LogP contribution in [0.1, 0.15) is 24.2 Å². The molecule has 0 saturated carbocycles. The molecule has 0 aliphatic heterocycles. The summed E-state index contributed by atoms with van der Waals surface area (Å²) in [5.74, 6) is 0.314. The van der Waals surface area contributed by atoms with Crippen molar-refractivity contribution in [2.24, 2.45) is 0 Å². The van der Waals surface area contributed by atoms with Crippen LogP contribution in [0.15, 0.2) is 48.5 Å². The van der Waals surface area contributed by atoms with Crippen LogP contribution in [0, 0.1) is 10.1 Å². The molecule has 6 heteroatoms. The largest absolute Gasteiger partial charge is 0.491 e. The van der Waals surface area contributed by atoms with Gasteiger partial charge in [-0.2, -0.15) is 0 Å². The highest BCUT2D eigenvalue weighted by atomic mass is 16.6. The molecular weight excluding hydrogens is 284 g/mol. The number of carbonyl (C=O) groups is 1. The minimum Gasteiger partial charge on any atom is -0.491 e. The molecular formula is C16H16N2O4. The third-order valence-electron chi connectivity index (χ3n) is 2.80. The predicted molar refractivity (Wildman–Crippen MR) is 83.3 cm³/mol. The maximum absolute atomic E-state index is 12.2. The molecule has 0 unspecified atom stereocenters. The molecule has 0 fully saturated rings. The standard InChI is InChI=1S/C16H16N2O4/c1-11(2)22-15-5-3-4-12(10-15)16(19)17-13-6-8-14(9-7-13)18(20)21/h3-11H,1-2H3,(H,17,19). The van der Waals surface area contributed by atoms with Crippen LogP contribution < -0.4 is 10.1 Å². The minimum atomic E-state index is -0.488. The van der Waals surface area contributed by atoms with Gasteiger partial charge in [-0.15, -0.1) is 0 Å². The number of nitro groups is 1. The number of benzene rings is 2. The number of nitrogens with zero attached hydrogens (tertiary/aromatic N) is 1. The Kier molecular flexibility index (Phi) is 4.73. The summed E-state index contributed by atoms with van der Waals surface area (Å²) in [5, 5.41) is 13.3. The predicted octanol–water partition coefficient (Wildman–Crippen LogP) is 3.63. The van der Waals surface area contributed by atoms with Gasteiger partial charge >= 0.3 is 0 Å². The Morgan fingerprint density at radius 1 is 1.18 bits per heavy atom. The fraction of sp³-hybridized carbons (Fsp3) is 0.188. The van der Waals surface area contributed by atoms with Gasteiger partial charge in [0.05, 0.1) is 11.0 Å². The topological polar surface area (TPSA) is 81.5 Å². The lowest BCUT2D eigenvalue weighted by Crippen LogP contribution is -2.12. The molecule has 1 N–H and O–H groups in total. The molecule has 0 spiro atoms. The van der Waals surface area contributed by atoms with Crippen molar-refractivity contribution in [1.29, 1.82) is 0 Å². The number of ether oxygens (including phenoxy) is 1. The lowest BCUT2D eigenvalue weighted by molar-refractivity contribution is -0.384. The molecule has 0 heterocycles. The molecule has 2 rings (SSSR count). The van der Waals surface area contributed by atoms with Gasteiger partial charge in [0.25, 0.3) is 11.6 Å². The second-order valence-electron chi connectivity index (χ2n) is 4.95. The van der Waals surface area contributed by atoms with Crippen LogP contribution >= 0.6 is 0 Å². The SMILES string of the molecule is CC(C)Oc1cccc(C(=O)Nc2ccc([N+](=O)[O-])cc2)c1. The van der Waals surface area contributed by atoms with Crippen LogP contribution in [0.5, 0.6) is 5.75 Å². The van der Waals surface area contributed by atoms with Crippen LogP contribution in [-0.2, 0) is 0 Å². The van der Waals surface area contributed by atoms with E-state index in [2.05, 4.69) is 5.32 Å². The monoisotopic (exact) mass is 300 g/mol. The van der Waals surface area contributed by atoms with Gasteiger partial charge in [0.2, 0.25) is 0 Å². The summed E-state index contributed by atoms with van der Waals surface area (Å²) in [5.41, 5.74) is 0.924. The summed E-state index contributed by atoms with van der Waals surface area (Å²) in [6.45, 7) is 3.81. The van der Waals surface area contributed by atoms with Crippen molar-refractivity contribution in [2.45, 2.75) is 20.0 Å². The Bertz CT molecular complexity index is 681. The van der Waals surface area contributed by atoms with Crippen LogP contribution in [0.25, 0.3) is 0 Å². The lowest BCUT2D eigenvalue weighted by Gasteiger charge is -2.11. The third kappa shape index (κ3) is 4.05. The molecule has 0 aromatic heterocycles. The van der Waals surface area contributed by atoms with Gasteiger partial charge in [-0.3, -0.25) is 14.9 Å². The molecule has 0 atom stereocenters. The number of hydrogen-bond donors (Lipinski definition) is 1. The van der Waals surface area contributed by atoms with E-state index >= 15 is 0 Å². The van der Waals surface area contributed by atoms with E-state index in [0.29, 0.717) is 17.0 Å². The van der Waals surface area contributed by atoms with E-state index in [1.807, 2.05) is 13.8 Å². The van der Waals surface area contributed by atoms with E-state index in [0.717, 1.165) is 0 Å². The maximum Gasteiger partial charge on any atom is 0.269 e. The quantitative estimate of drug-likeness (QED) is 0.675. The minimum absolute atomic E-state index is 0.0213. The van der Waals surface area contributed by atoms with Crippen LogP contribution in [0.4, 0.5) is 11.4 Å². The average molecular weight is 300 g/mol. The number of anilines is 1. The van der Waals surface area contributed by atoms with Crippen molar-refractivity contribution >= 4 is 17.3 Å².